The summed E-state index contributed by atoms with van der Waals surface area (Å²) >= 11 is 0. The van der Waals surface area contributed by atoms with Crippen molar-refractivity contribution in [1.82, 2.24) is 4.31 Å². The van der Waals surface area contributed by atoms with E-state index in [0.29, 0.717) is 30.6 Å². The molecule has 2 unspecified atom stereocenters. The molecular weight excluding hydrogens is 260 g/mol. The minimum atomic E-state index is -3.23. The normalized spacial score (nSPS) is 25.4. The van der Waals surface area contributed by atoms with E-state index in [2.05, 4.69) is 13.8 Å². The van der Waals surface area contributed by atoms with Crippen molar-refractivity contribution in [1.29, 1.82) is 0 Å². The maximum absolute atomic E-state index is 12.4. The number of nitrogen functional groups attached to an aromatic ring is 1. The van der Waals surface area contributed by atoms with Gasteiger partial charge in [-0.2, -0.15) is 0 Å². The van der Waals surface area contributed by atoms with E-state index in [1.807, 2.05) is 6.07 Å². The van der Waals surface area contributed by atoms with Crippen LogP contribution in [0.3, 0.4) is 0 Å². The van der Waals surface area contributed by atoms with Gasteiger partial charge < -0.3 is 5.73 Å². The van der Waals surface area contributed by atoms with Crippen molar-refractivity contribution in [2.45, 2.75) is 26.0 Å². The minimum Gasteiger partial charge on any atom is -0.399 e. The summed E-state index contributed by atoms with van der Waals surface area (Å²) in [6.07, 6.45) is 0.942. The number of hydrogen-bond acceptors (Lipinski definition) is 3. The highest BCUT2D eigenvalue weighted by Crippen LogP contribution is 2.25. The number of anilines is 1. The van der Waals surface area contributed by atoms with E-state index in [4.69, 9.17) is 5.73 Å². The van der Waals surface area contributed by atoms with E-state index in [9.17, 15) is 8.42 Å². The van der Waals surface area contributed by atoms with Gasteiger partial charge in [-0.15, -0.1) is 0 Å². The van der Waals surface area contributed by atoms with Gasteiger partial charge in [0.25, 0.3) is 0 Å². The zero-order chi connectivity index (χ0) is 14.0. The molecule has 0 spiro atoms. The van der Waals surface area contributed by atoms with E-state index >= 15 is 0 Å². The van der Waals surface area contributed by atoms with Gasteiger partial charge >= 0.3 is 0 Å². The second-order valence-electron chi connectivity index (χ2n) is 5.60. The third kappa shape index (κ3) is 3.48. The molecule has 1 fully saturated rings. The molecule has 0 amide bonds. The van der Waals surface area contributed by atoms with E-state index in [1.54, 1.807) is 22.5 Å². The molecule has 2 N–H and O–H groups in total. The van der Waals surface area contributed by atoms with Crippen LogP contribution in [0, 0.1) is 11.8 Å². The molecular formula is C14H22N2O2S. The van der Waals surface area contributed by atoms with Gasteiger partial charge in [-0.05, 0) is 36.0 Å². The standard InChI is InChI=1S/C14H22N2O2S/c1-11-6-7-16(9-12(11)2)19(17,18)10-13-4-3-5-14(15)8-13/h3-5,8,11-12H,6-7,9-10,15H2,1-2H3. The van der Waals surface area contributed by atoms with Crippen LogP contribution in [0.1, 0.15) is 25.8 Å². The van der Waals surface area contributed by atoms with Crippen molar-refractivity contribution >= 4 is 15.7 Å². The molecule has 4 nitrogen and oxygen atoms in total. The topological polar surface area (TPSA) is 63.4 Å². The SMILES string of the molecule is CC1CCN(S(=O)(=O)Cc2cccc(N)c2)CC1C. The van der Waals surface area contributed by atoms with Crippen LogP contribution in [0.5, 0.6) is 0 Å². The Kier molecular flexibility index (Phi) is 4.16. The summed E-state index contributed by atoms with van der Waals surface area (Å²) in [4.78, 5) is 0. The van der Waals surface area contributed by atoms with Crippen molar-refractivity contribution in [3.63, 3.8) is 0 Å². The summed E-state index contributed by atoms with van der Waals surface area (Å²) in [5, 5.41) is 0. The van der Waals surface area contributed by atoms with Gasteiger partial charge in [0.1, 0.15) is 0 Å². The maximum atomic E-state index is 12.4. The van der Waals surface area contributed by atoms with Crippen molar-refractivity contribution < 1.29 is 8.42 Å². The van der Waals surface area contributed by atoms with Gasteiger partial charge in [0, 0.05) is 18.8 Å². The van der Waals surface area contributed by atoms with Gasteiger partial charge in [0.2, 0.25) is 10.0 Å². The molecule has 1 aliphatic rings. The Hall–Kier alpha value is -1.07. The molecule has 106 valence electrons. The second kappa shape index (κ2) is 5.51. The first-order chi connectivity index (χ1) is 8.88. The molecule has 0 aromatic heterocycles. The Morgan fingerprint density at radius 2 is 2.05 bits per heavy atom. The Morgan fingerprint density at radius 3 is 2.68 bits per heavy atom. The van der Waals surface area contributed by atoms with Crippen molar-refractivity contribution in [2.24, 2.45) is 11.8 Å². The van der Waals surface area contributed by atoms with Crippen molar-refractivity contribution in [3.8, 4) is 0 Å². The molecule has 1 aliphatic heterocycles. The van der Waals surface area contributed by atoms with Gasteiger partial charge in [0.05, 0.1) is 5.75 Å². The number of rotatable bonds is 3. The summed E-state index contributed by atoms with van der Waals surface area (Å²) < 4.78 is 26.4. The predicted molar refractivity (Wildman–Crippen MR) is 78.0 cm³/mol. The number of benzene rings is 1. The van der Waals surface area contributed by atoms with E-state index in [1.165, 1.54) is 0 Å². The fourth-order valence-corrected chi connectivity index (χ4v) is 4.09. The van der Waals surface area contributed by atoms with Gasteiger partial charge in [0.15, 0.2) is 0 Å². The van der Waals surface area contributed by atoms with E-state index < -0.39 is 10.0 Å². The first-order valence-corrected chi connectivity index (χ1v) is 8.31. The average Bonchev–Trinajstić information content (AvgIpc) is 2.32. The molecule has 1 saturated heterocycles. The van der Waals surface area contributed by atoms with Crippen LogP contribution in [0.4, 0.5) is 5.69 Å². The molecule has 0 aliphatic carbocycles. The molecule has 19 heavy (non-hydrogen) atoms. The Bertz CT molecular complexity index is 542. The number of piperidine rings is 1. The number of nitrogens with zero attached hydrogens (tertiary/aromatic N) is 1. The predicted octanol–water partition coefficient (Wildman–Crippen LogP) is 2.08. The summed E-state index contributed by atoms with van der Waals surface area (Å²) in [7, 11) is -3.23. The lowest BCUT2D eigenvalue weighted by Crippen LogP contribution is -2.42. The molecule has 2 rings (SSSR count). The molecule has 1 heterocycles. The molecule has 0 bridgehead atoms. The Labute approximate surface area is 115 Å². The Balaban J connectivity index is 2.10. The molecule has 2 atom stereocenters. The van der Waals surface area contributed by atoms with Crippen LogP contribution < -0.4 is 5.73 Å². The fraction of sp³-hybridized carbons (Fsp3) is 0.571. The Morgan fingerprint density at radius 1 is 1.32 bits per heavy atom. The maximum Gasteiger partial charge on any atom is 0.218 e. The number of hydrogen-bond donors (Lipinski definition) is 1. The zero-order valence-corrected chi connectivity index (χ0v) is 12.4. The van der Waals surface area contributed by atoms with Crippen LogP contribution in [-0.2, 0) is 15.8 Å². The third-order valence-electron chi connectivity index (χ3n) is 3.99. The van der Waals surface area contributed by atoms with Gasteiger partial charge in [-0.25, -0.2) is 12.7 Å². The van der Waals surface area contributed by atoms with Crippen molar-refractivity contribution in [3.05, 3.63) is 29.8 Å². The largest absolute Gasteiger partial charge is 0.399 e. The van der Waals surface area contributed by atoms with Crippen LogP contribution in [0.15, 0.2) is 24.3 Å². The highest BCUT2D eigenvalue weighted by atomic mass is 32.2. The van der Waals surface area contributed by atoms with Crippen LogP contribution in [0.25, 0.3) is 0 Å². The van der Waals surface area contributed by atoms with Crippen LogP contribution >= 0.6 is 0 Å². The lowest BCUT2D eigenvalue weighted by Gasteiger charge is -2.34. The first kappa shape index (κ1) is 14.3. The highest BCUT2D eigenvalue weighted by Gasteiger charge is 2.30. The smallest absolute Gasteiger partial charge is 0.218 e. The third-order valence-corrected chi connectivity index (χ3v) is 5.81. The van der Waals surface area contributed by atoms with Crippen molar-refractivity contribution in [2.75, 3.05) is 18.8 Å². The van der Waals surface area contributed by atoms with Gasteiger partial charge in [-0.1, -0.05) is 26.0 Å². The van der Waals surface area contributed by atoms with Crippen LogP contribution in [-0.4, -0.2) is 25.8 Å². The molecule has 1 aromatic carbocycles. The lowest BCUT2D eigenvalue weighted by molar-refractivity contribution is 0.212. The van der Waals surface area contributed by atoms with Gasteiger partial charge in [-0.3, -0.25) is 0 Å². The molecule has 0 radical (unpaired) electrons. The molecule has 5 heteroatoms. The monoisotopic (exact) mass is 282 g/mol. The number of nitrogens with two attached hydrogens (primary N) is 1. The molecule has 1 aromatic rings. The summed E-state index contributed by atoms with van der Waals surface area (Å²) in [5.41, 5.74) is 7.05. The second-order valence-corrected chi connectivity index (χ2v) is 7.57. The number of sulfonamides is 1. The quantitative estimate of drug-likeness (QED) is 0.863. The summed E-state index contributed by atoms with van der Waals surface area (Å²) in [5.74, 6) is 1.06. The fourth-order valence-electron chi connectivity index (χ4n) is 2.46. The van der Waals surface area contributed by atoms with E-state index in [0.717, 1.165) is 12.0 Å². The first-order valence-electron chi connectivity index (χ1n) is 6.71. The van der Waals surface area contributed by atoms with E-state index in [-0.39, 0.29) is 5.75 Å². The zero-order valence-electron chi connectivity index (χ0n) is 11.5. The molecule has 0 saturated carbocycles. The summed E-state index contributed by atoms with van der Waals surface area (Å²) in [6.45, 7) is 5.57. The average molecular weight is 282 g/mol. The lowest BCUT2D eigenvalue weighted by atomic mass is 9.90. The minimum absolute atomic E-state index is 0.0408. The highest BCUT2D eigenvalue weighted by molar-refractivity contribution is 7.88. The van der Waals surface area contributed by atoms with Crippen LogP contribution in [0.2, 0.25) is 0 Å². The summed E-state index contributed by atoms with van der Waals surface area (Å²) in [6, 6.07) is 7.10.